The maximum atomic E-state index is 12.3. The molecule has 138 valence electrons. The van der Waals surface area contributed by atoms with Crippen LogP contribution in [0.2, 0.25) is 0 Å². The number of aromatic hydroxyl groups is 2. The van der Waals surface area contributed by atoms with Gasteiger partial charge in [0.1, 0.15) is 5.78 Å². The number of ketones is 1. The van der Waals surface area contributed by atoms with Crippen LogP contribution in [-0.2, 0) is 9.59 Å². The molecule has 0 spiro atoms. The smallest absolute Gasteiger partial charge is 0.335 e. The van der Waals surface area contributed by atoms with Gasteiger partial charge in [0, 0.05) is 19.3 Å². The van der Waals surface area contributed by atoms with Gasteiger partial charge in [0.25, 0.3) is 0 Å². The van der Waals surface area contributed by atoms with Gasteiger partial charge in [-0.25, -0.2) is 4.79 Å². The van der Waals surface area contributed by atoms with Gasteiger partial charge in [-0.2, -0.15) is 0 Å². The summed E-state index contributed by atoms with van der Waals surface area (Å²) in [6.07, 6.45) is -6.28. The van der Waals surface area contributed by atoms with Gasteiger partial charge >= 0.3 is 5.97 Å². The Balaban J connectivity index is 2.09. The number of aliphatic carboxylic acids is 1. The summed E-state index contributed by atoms with van der Waals surface area (Å²) in [5.74, 6) is -4.54. The van der Waals surface area contributed by atoms with Crippen molar-refractivity contribution < 1.29 is 45.3 Å². The molecule has 1 unspecified atom stereocenters. The van der Waals surface area contributed by atoms with E-state index in [0.29, 0.717) is 0 Å². The van der Waals surface area contributed by atoms with E-state index >= 15 is 0 Å². The van der Waals surface area contributed by atoms with Crippen molar-refractivity contribution in [3.8, 4) is 11.5 Å². The van der Waals surface area contributed by atoms with Crippen LogP contribution in [0.1, 0.15) is 30.9 Å². The van der Waals surface area contributed by atoms with Gasteiger partial charge in [0.05, 0.1) is 24.2 Å². The van der Waals surface area contributed by atoms with Gasteiger partial charge in [0.15, 0.2) is 17.1 Å². The molecule has 0 aromatic heterocycles. The topological polar surface area (TPSA) is 176 Å². The second-order valence-corrected chi connectivity index (χ2v) is 6.34. The van der Waals surface area contributed by atoms with Crippen LogP contribution >= 0.6 is 0 Å². The van der Waals surface area contributed by atoms with Crippen molar-refractivity contribution in [3.63, 3.8) is 0 Å². The number of carboxylic acid groups (broad SMARTS) is 1. The number of carboxylic acids is 1. The lowest BCUT2D eigenvalue weighted by Crippen LogP contribution is -2.55. The first-order valence-corrected chi connectivity index (χ1v) is 7.59. The molecule has 0 bridgehead atoms. The van der Waals surface area contributed by atoms with Crippen molar-refractivity contribution in [2.75, 3.05) is 0 Å². The van der Waals surface area contributed by atoms with Crippen LogP contribution in [0.5, 0.6) is 11.5 Å². The van der Waals surface area contributed by atoms with Crippen molar-refractivity contribution in [2.45, 2.75) is 43.2 Å². The molecule has 0 aliphatic heterocycles. The molecule has 25 heavy (non-hydrogen) atoms. The second-order valence-electron chi connectivity index (χ2n) is 6.34. The molecular formula is C16H20O9. The maximum absolute atomic E-state index is 12.3. The van der Waals surface area contributed by atoms with E-state index in [0.717, 1.165) is 12.1 Å². The molecule has 1 aromatic carbocycles. The number of benzene rings is 1. The van der Waals surface area contributed by atoms with Gasteiger partial charge in [-0.3, -0.25) is 4.79 Å². The fourth-order valence-corrected chi connectivity index (χ4v) is 3.08. The minimum atomic E-state index is -2.32. The molecular weight excluding hydrogens is 336 g/mol. The van der Waals surface area contributed by atoms with Crippen LogP contribution in [0.25, 0.3) is 0 Å². The zero-order valence-electron chi connectivity index (χ0n) is 13.1. The molecule has 1 aliphatic carbocycles. The minimum absolute atomic E-state index is 0.144. The van der Waals surface area contributed by atoms with E-state index in [-0.39, 0.29) is 5.56 Å². The number of hydrogen-bond donors (Lipinski definition) is 7. The number of aliphatic hydroxyl groups is 4. The van der Waals surface area contributed by atoms with E-state index in [9.17, 15) is 40.2 Å². The predicted octanol–water partition coefficient (Wildman–Crippen LogP) is -0.962. The highest BCUT2D eigenvalue weighted by atomic mass is 16.4. The van der Waals surface area contributed by atoms with Gasteiger partial charge in [-0.1, -0.05) is 6.07 Å². The molecule has 1 saturated carbocycles. The monoisotopic (exact) mass is 356 g/mol. The average Bonchev–Trinajstić information content (AvgIpc) is 2.48. The lowest BCUT2D eigenvalue weighted by Gasteiger charge is -2.39. The van der Waals surface area contributed by atoms with Crippen LogP contribution in [0.3, 0.4) is 0 Å². The number of carbonyl (C=O) groups is 2. The lowest BCUT2D eigenvalue weighted by atomic mass is 9.72. The van der Waals surface area contributed by atoms with Gasteiger partial charge in [0.2, 0.25) is 0 Å². The number of phenolic OH excluding ortho intramolecular Hbond substituents is 2. The molecule has 9 heteroatoms. The van der Waals surface area contributed by atoms with Crippen molar-refractivity contribution in [2.24, 2.45) is 5.92 Å². The summed E-state index contributed by atoms with van der Waals surface area (Å²) in [6.45, 7) is 0. The highest BCUT2D eigenvalue weighted by molar-refractivity contribution is 5.84. The Labute approximate surface area is 142 Å². The number of Topliss-reactive ketones (excluding diaryl/α,β-unsaturated/α-hetero) is 1. The molecule has 0 saturated heterocycles. The van der Waals surface area contributed by atoms with E-state index in [4.69, 9.17) is 5.11 Å². The number of hydrogen-bond acceptors (Lipinski definition) is 8. The van der Waals surface area contributed by atoms with Crippen LogP contribution in [-0.4, -0.2) is 65.3 Å². The molecule has 2 rings (SSSR count). The van der Waals surface area contributed by atoms with Crippen LogP contribution in [0, 0.1) is 5.92 Å². The summed E-state index contributed by atoms with van der Waals surface area (Å²) in [7, 11) is 0. The van der Waals surface area contributed by atoms with Crippen molar-refractivity contribution >= 4 is 11.8 Å². The van der Waals surface area contributed by atoms with E-state index in [1.165, 1.54) is 6.07 Å². The number of aliphatic hydroxyl groups excluding tert-OH is 3. The largest absolute Gasteiger partial charge is 0.504 e. The minimum Gasteiger partial charge on any atom is -0.504 e. The van der Waals surface area contributed by atoms with Gasteiger partial charge in [-0.05, 0) is 17.7 Å². The molecule has 1 aliphatic rings. The van der Waals surface area contributed by atoms with Crippen molar-refractivity contribution in [1.82, 2.24) is 0 Å². The first-order valence-electron chi connectivity index (χ1n) is 7.59. The molecule has 1 fully saturated rings. The normalized spacial score (nSPS) is 30.6. The highest BCUT2D eigenvalue weighted by Crippen LogP contribution is 2.36. The number of carbonyl (C=O) groups excluding carboxylic acids is 1. The van der Waals surface area contributed by atoms with E-state index in [2.05, 4.69) is 0 Å². The lowest BCUT2D eigenvalue weighted by molar-refractivity contribution is -0.181. The number of phenols is 2. The zero-order valence-corrected chi connectivity index (χ0v) is 13.1. The molecule has 0 heterocycles. The summed E-state index contributed by atoms with van der Waals surface area (Å²) < 4.78 is 0. The molecule has 7 N–H and O–H groups in total. The van der Waals surface area contributed by atoms with Crippen LogP contribution in [0.4, 0.5) is 0 Å². The molecule has 1 aromatic rings. The first-order chi connectivity index (χ1) is 11.5. The Morgan fingerprint density at radius 2 is 1.68 bits per heavy atom. The Kier molecular flexibility index (Phi) is 5.33. The predicted molar refractivity (Wildman–Crippen MR) is 81.7 cm³/mol. The zero-order chi connectivity index (χ0) is 18.9. The average molecular weight is 356 g/mol. The summed E-state index contributed by atoms with van der Waals surface area (Å²) in [5.41, 5.74) is -2.18. The summed E-state index contributed by atoms with van der Waals surface area (Å²) in [5, 5.41) is 67.6. The Bertz CT molecular complexity index is 660. The van der Waals surface area contributed by atoms with Crippen LogP contribution < -0.4 is 0 Å². The summed E-state index contributed by atoms with van der Waals surface area (Å²) >= 11 is 0. The molecule has 9 nitrogen and oxygen atoms in total. The summed E-state index contributed by atoms with van der Waals surface area (Å²) in [6, 6.07) is 3.50. The third-order valence-electron chi connectivity index (χ3n) is 4.47. The Morgan fingerprint density at radius 3 is 2.16 bits per heavy atom. The summed E-state index contributed by atoms with van der Waals surface area (Å²) in [4.78, 5) is 23.3. The number of rotatable bonds is 5. The quantitative estimate of drug-likeness (QED) is 0.327. The van der Waals surface area contributed by atoms with Gasteiger partial charge in [-0.15, -0.1) is 0 Å². The SMILES string of the molecule is O=C(CC(O)c1ccc(O)c(O)c1)C1[C@H](O)CC(O)(C(=O)O)C[C@H]1O. The maximum Gasteiger partial charge on any atom is 0.335 e. The highest BCUT2D eigenvalue weighted by Gasteiger charge is 2.51. The molecule has 3 atom stereocenters. The van der Waals surface area contributed by atoms with E-state index in [1.54, 1.807) is 0 Å². The van der Waals surface area contributed by atoms with E-state index < -0.39 is 72.3 Å². The van der Waals surface area contributed by atoms with Crippen LogP contribution in [0.15, 0.2) is 18.2 Å². The fourth-order valence-electron chi connectivity index (χ4n) is 3.08. The Morgan fingerprint density at radius 1 is 1.12 bits per heavy atom. The molecule has 0 radical (unpaired) electrons. The van der Waals surface area contributed by atoms with Gasteiger partial charge < -0.3 is 35.7 Å². The second kappa shape index (κ2) is 6.96. The van der Waals surface area contributed by atoms with Crippen molar-refractivity contribution in [3.05, 3.63) is 23.8 Å². The third-order valence-corrected chi connectivity index (χ3v) is 4.47. The fraction of sp³-hybridized carbons (Fsp3) is 0.500. The van der Waals surface area contributed by atoms with E-state index in [1.807, 2.05) is 0 Å². The molecule has 0 amide bonds. The standard InChI is InChI=1S/C16H20O9/c17-8-2-1-7(3-10(8)19)9(18)4-11(20)14-12(21)5-16(25,15(23)24)6-13(14)22/h1-3,9,12-14,17-19,21-22,25H,4-6H2,(H,23,24)/t9?,12-,13-,14?,16?/m1/s1. The third kappa shape index (κ3) is 3.90. The van der Waals surface area contributed by atoms with Crippen molar-refractivity contribution in [1.29, 1.82) is 0 Å². The first kappa shape index (κ1) is 19.1. The Hall–Kier alpha value is -2.20.